The topological polar surface area (TPSA) is 227 Å². The minimum Gasteiger partial charge on any atom is -0.444 e. The van der Waals surface area contributed by atoms with Gasteiger partial charge in [0.15, 0.2) is 0 Å². The summed E-state index contributed by atoms with van der Waals surface area (Å²) in [6.07, 6.45) is 11.4. The maximum atomic E-state index is 13.6. The number of carbonyl (C=O) groups excluding carboxylic acids is 4. The van der Waals surface area contributed by atoms with Crippen molar-refractivity contribution in [2.75, 3.05) is 60.4 Å². The molecular formula is C71H73Cl7F3N17O5. The van der Waals surface area contributed by atoms with Crippen LogP contribution in [0.15, 0.2) is 91.5 Å². The highest BCUT2D eigenvalue weighted by Gasteiger charge is 2.42. The molecule has 542 valence electrons. The summed E-state index contributed by atoms with van der Waals surface area (Å²) in [6, 6.07) is 16.9. The monoisotopic (exact) mass is 1550 g/mol. The smallest absolute Gasteiger partial charge is 0.417 e. The second-order valence-corrected chi connectivity index (χ2v) is 28.8. The van der Waals surface area contributed by atoms with Gasteiger partial charge in [-0.05, 0) is 115 Å². The number of aromatic nitrogens is 10. The molecule has 103 heavy (non-hydrogen) atoms. The number of amides is 4. The molecule has 32 heteroatoms. The predicted molar refractivity (Wildman–Crippen MR) is 401 cm³/mol. The summed E-state index contributed by atoms with van der Waals surface area (Å²) in [4.78, 5) is 84.9. The van der Waals surface area contributed by atoms with E-state index in [0.29, 0.717) is 96.5 Å². The van der Waals surface area contributed by atoms with Crippen LogP contribution >= 0.6 is 81.2 Å². The fourth-order valence-electron chi connectivity index (χ4n) is 12.3. The van der Waals surface area contributed by atoms with E-state index in [0.717, 1.165) is 82.4 Å². The molecule has 3 saturated heterocycles. The largest absolute Gasteiger partial charge is 0.444 e. The van der Waals surface area contributed by atoms with Gasteiger partial charge in [-0.1, -0.05) is 93.4 Å². The first-order valence-electron chi connectivity index (χ1n) is 32.6. The average molecular weight is 1550 g/mol. The van der Waals surface area contributed by atoms with Gasteiger partial charge in [-0.15, -0.1) is 0 Å². The lowest BCUT2D eigenvalue weighted by Gasteiger charge is -2.30. The van der Waals surface area contributed by atoms with Crippen LogP contribution < -0.4 is 24.9 Å². The van der Waals surface area contributed by atoms with Crippen molar-refractivity contribution >= 4 is 179 Å². The zero-order chi connectivity index (χ0) is 74.8. The van der Waals surface area contributed by atoms with E-state index < -0.39 is 41.1 Å². The van der Waals surface area contributed by atoms with Crippen LogP contribution in [-0.4, -0.2) is 141 Å². The van der Waals surface area contributed by atoms with Crippen LogP contribution in [0.1, 0.15) is 87.4 Å². The Balaban J connectivity index is 0.000000146. The summed E-state index contributed by atoms with van der Waals surface area (Å²) >= 11 is 42.3. The number of likely N-dealkylation sites (N-methyl/N-ethyl adjacent to an activating group) is 3. The lowest BCUT2D eigenvalue weighted by molar-refractivity contribution is -0.137. The Morgan fingerprint density at radius 1 is 0.583 bits per heavy atom. The molecule has 3 atom stereocenters. The molecule has 0 bridgehead atoms. The zero-order valence-electron chi connectivity index (χ0n) is 58.0. The molecule has 3 aliphatic heterocycles. The number of hydrogen-bond donors (Lipinski definition) is 1. The zero-order valence-corrected chi connectivity index (χ0v) is 63.3. The van der Waals surface area contributed by atoms with Crippen LogP contribution in [0.2, 0.25) is 35.4 Å². The third-order valence-corrected chi connectivity index (χ3v) is 19.6. The summed E-state index contributed by atoms with van der Waals surface area (Å²) in [5.41, 5.74) is 2.76. The second-order valence-electron chi connectivity index (χ2n) is 26.0. The van der Waals surface area contributed by atoms with Gasteiger partial charge in [0, 0.05) is 145 Å². The molecule has 10 aromatic rings. The molecule has 13 heterocycles. The highest BCUT2D eigenvalue weighted by molar-refractivity contribution is 6.38. The van der Waals surface area contributed by atoms with E-state index >= 15 is 0 Å². The number of fused-ring (bicyclic) bond motifs is 5. The van der Waals surface area contributed by atoms with Gasteiger partial charge in [-0.25, -0.2) is 34.7 Å². The second kappa shape index (κ2) is 31.9. The van der Waals surface area contributed by atoms with Crippen molar-refractivity contribution in [2.45, 2.75) is 103 Å². The lowest BCUT2D eigenvalue weighted by Crippen LogP contribution is -2.48. The molecule has 1 N–H and O–H groups in total. The predicted octanol–water partition coefficient (Wildman–Crippen LogP) is 15.8. The number of allylic oxidation sites excluding steroid dienone is 1. The third kappa shape index (κ3) is 17.2. The van der Waals surface area contributed by atoms with Crippen molar-refractivity contribution in [3.8, 4) is 6.07 Å². The normalized spacial score (nSPS) is 16.1. The van der Waals surface area contributed by atoms with Crippen LogP contribution in [-0.2, 0) is 59.9 Å². The molecule has 0 spiro atoms. The fraction of sp³-hybridized carbons (Fsp3) is 0.366. The van der Waals surface area contributed by atoms with Crippen LogP contribution in [0.5, 0.6) is 0 Å². The molecule has 4 aliphatic rings. The maximum absolute atomic E-state index is 13.6. The minimum atomic E-state index is -4.71. The lowest BCUT2D eigenvalue weighted by atomic mass is 10.1. The van der Waals surface area contributed by atoms with Crippen molar-refractivity contribution in [2.24, 2.45) is 28.2 Å². The van der Waals surface area contributed by atoms with Gasteiger partial charge >= 0.3 is 12.3 Å². The molecule has 1 aliphatic carbocycles. The number of hydrogen-bond acceptors (Lipinski definition) is 14. The fourth-order valence-corrected chi connectivity index (χ4v) is 14.1. The summed E-state index contributed by atoms with van der Waals surface area (Å²) in [5, 5.41) is 20.0. The Morgan fingerprint density at radius 3 is 1.50 bits per heavy atom. The van der Waals surface area contributed by atoms with Gasteiger partial charge in [-0.2, -0.15) is 18.4 Å². The minimum absolute atomic E-state index is 0.0413. The number of nitrogens with one attached hydrogen (secondary N) is 1. The van der Waals surface area contributed by atoms with E-state index in [-0.39, 0.29) is 35.3 Å². The molecular weight excluding hydrogens is 1480 g/mol. The number of alkyl halides is 3. The molecule has 0 radical (unpaired) electrons. The number of anilines is 4. The molecule has 10 aromatic heterocycles. The Hall–Kier alpha value is -8.45. The van der Waals surface area contributed by atoms with Gasteiger partial charge in [-0.3, -0.25) is 34.0 Å². The van der Waals surface area contributed by atoms with E-state index in [1.807, 2.05) is 111 Å². The van der Waals surface area contributed by atoms with E-state index in [9.17, 15) is 37.6 Å². The van der Waals surface area contributed by atoms with Crippen LogP contribution in [0.25, 0.3) is 50.2 Å². The first kappa shape index (κ1) is 77.2. The number of pyridine rings is 6. The quantitative estimate of drug-likeness (QED) is 0.146. The van der Waals surface area contributed by atoms with Crippen molar-refractivity contribution in [3.63, 3.8) is 0 Å². The summed E-state index contributed by atoms with van der Waals surface area (Å²) in [5.74, 6) is 0.705. The first-order chi connectivity index (χ1) is 48.6. The molecule has 0 unspecified atom stereocenters. The van der Waals surface area contributed by atoms with Crippen LogP contribution in [0.4, 0.5) is 41.2 Å². The van der Waals surface area contributed by atoms with E-state index in [2.05, 4.69) is 35.2 Å². The van der Waals surface area contributed by atoms with Crippen molar-refractivity contribution < 1.29 is 37.1 Å². The number of rotatable bonds is 7. The van der Waals surface area contributed by atoms with E-state index in [1.165, 1.54) is 26.5 Å². The molecule has 3 fully saturated rings. The Bertz CT molecular complexity index is 4980. The summed E-state index contributed by atoms with van der Waals surface area (Å²) in [6.45, 7) is 8.57. The summed E-state index contributed by atoms with van der Waals surface area (Å²) in [7, 11) is 12.4. The SMILES string of the molecule is CN(C(=O)[C@@H]1CCCN1)c1cc(Cl)c2ccn(C)c2n1.CN(C(=O)[C@@H]1CCCN1C(=O)OC(C)(C)C)c1cc(Cl)c2ccn(C)c2n1.Cc1cc(C(F)(F)F)c(C#N)c(N2CCC[C@H]2C(=O)N(C)c2cc(Cl)c3ccn(C)c3n2)n1.Clc1cc(Cl)c2c(n1)CC=C2.Cn1ccc2c(Cl)cc(Cl)nc21. The van der Waals surface area contributed by atoms with Crippen LogP contribution in [0.3, 0.4) is 0 Å². The number of nitriles is 1. The molecule has 4 amide bonds. The molecule has 22 nitrogen and oxygen atoms in total. The Labute approximate surface area is 627 Å². The van der Waals surface area contributed by atoms with Gasteiger partial charge in [0.1, 0.15) is 85.5 Å². The highest BCUT2D eigenvalue weighted by atomic mass is 35.5. The average Bonchev–Trinajstić information content (AvgIpc) is 1.64. The van der Waals surface area contributed by atoms with Gasteiger partial charge in [0.25, 0.3) is 11.8 Å². The van der Waals surface area contributed by atoms with Gasteiger partial charge in [0.05, 0.1) is 42.4 Å². The number of likely N-dealkylation sites (tertiary alicyclic amines) is 1. The van der Waals surface area contributed by atoms with Crippen LogP contribution in [0, 0.1) is 18.3 Å². The number of nitrogens with zero attached hydrogens (tertiary/aromatic N) is 16. The highest BCUT2D eigenvalue weighted by Crippen LogP contribution is 2.39. The van der Waals surface area contributed by atoms with Crippen molar-refractivity contribution in [3.05, 3.63) is 155 Å². The van der Waals surface area contributed by atoms with Gasteiger partial charge < -0.3 is 33.2 Å². The van der Waals surface area contributed by atoms with Crippen molar-refractivity contribution in [1.29, 1.82) is 5.26 Å². The maximum Gasteiger partial charge on any atom is 0.417 e. The molecule has 0 saturated carbocycles. The first-order valence-corrected chi connectivity index (χ1v) is 35.2. The summed E-state index contributed by atoms with van der Waals surface area (Å²) < 4.78 is 53.5. The third-order valence-electron chi connectivity index (χ3n) is 17.6. The Morgan fingerprint density at radius 2 is 1.03 bits per heavy atom. The molecule has 14 rings (SSSR count). The standard InChI is InChI=1S/C22H20ClF3N6O.C19H25ClN4O3.C14H17ClN4O.C8H6Cl2N2.C8H5Cl2N/c1-12-9-15(22(24,25)26)14(11-27)20(28-12)32-7-4-5-17(32)21(33)31(3)18-10-16(23)13-6-8-30(2)19(13)29-18;1-19(2,3)27-18(26)24-9-6-7-14(24)17(25)23(5)15-11-13(20)12-8-10-22(4)16(12)21-15;1-18-7-5-9-10(15)8-12(17-13(9)18)19(2)14(20)11-4-3-6-16-11;1-12-3-2-5-6(9)4-7(10)11-8(5)12;9-6-4-8(10)11-7-3-1-2-5(6)7/h6,8-10,17H,4-5,7H2,1-3H3;8,10-11,14H,6-7,9H2,1-5H3;5,7-8,11,16H,3-4,6H2,1-2H3;2-4H,1H3;1-2,4H,3H2/t17-;14-;11-;;/m000../s1. The van der Waals surface area contributed by atoms with Crippen molar-refractivity contribution in [1.82, 2.24) is 58.4 Å². The Kier molecular flexibility index (Phi) is 23.9. The molecule has 0 aromatic carbocycles. The van der Waals surface area contributed by atoms with E-state index in [4.69, 9.17) is 85.9 Å². The number of halogens is 10. The van der Waals surface area contributed by atoms with Gasteiger partial charge in [0.2, 0.25) is 5.91 Å². The number of carbonyl (C=O) groups is 4. The number of aryl methyl sites for hydroxylation is 5. The van der Waals surface area contributed by atoms with E-state index in [1.54, 1.807) is 80.3 Å². The number of ether oxygens (including phenoxy) is 1.